The standard InChI is InChI=1S/C10H12N6O2/c1-15(5-8-14-13-6-16(8)2)10-11-3-7(4-12-10)9(17)18/h3-4,6H,5H2,1-2H3,(H,17,18). The Morgan fingerprint density at radius 3 is 2.61 bits per heavy atom. The summed E-state index contributed by atoms with van der Waals surface area (Å²) in [4.78, 5) is 20.4. The summed E-state index contributed by atoms with van der Waals surface area (Å²) in [6.07, 6.45) is 4.16. The Labute approximate surface area is 103 Å². The Bertz CT molecular complexity index is 550. The lowest BCUT2D eigenvalue weighted by Gasteiger charge is -2.15. The number of hydrogen-bond donors (Lipinski definition) is 1. The second-order valence-corrected chi connectivity index (χ2v) is 3.79. The highest BCUT2D eigenvalue weighted by Gasteiger charge is 2.10. The molecule has 0 aromatic carbocycles. The zero-order valence-corrected chi connectivity index (χ0v) is 9.98. The Balaban J connectivity index is 2.12. The van der Waals surface area contributed by atoms with E-state index in [2.05, 4.69) is 20.2 Å². The van der Waals surface area contributed by atoms with Gasteiger partial charge in [-0.05, 0) is 0 Å². The summed E-state index contributed by atoms with van der Waals surface area (Å²) in [7, 11) is 3.64. The smallest absolute Gasteiger partial charge is 0.338 e. The SMILES string of the molecule is CN(Cc1nncn1C)c1ncc(C(=O)O)cn1. The highest BCUT2D eigenvalue weighted by atomic mass is 16.4. The first-order valence-electron chi connectivity index (χ1n) is 5.17. The number of rotatable bonds is 4. The quantitative estimate of drug-likeness (QED) is 0.809. The number of anilines is 1. The first-order valence-corrected chi connectivity index (χ1v) is 5.17. The molecular weight excluding hydrogens is 236 g/mol. The minimum absolute atomic E-state index is 0.0609. The molecule has 0 aliphatic rings. The molecule has 0 amide bonds. The number of carbonyl (C=O) groups is 1. The normalized spacial score (nSPS) is 10.3. The molecule has 0 unspecified atom stereocenters. The van der Waals surface area contributed by atoms with Crippen LogP contribution in [0.15, 0.2) is 18.7 Å². The molecule has 8 nitrogen and oxygen atoms in total. The van der Waals surface area contributed by atoms with Crippen molar-refractivity contribution in [3.05, 3.63) is 30.1 Å². The van der Waals surface area contributed by atoms with Gasteiger partial charge in [0.15, 0.2) is 5.82 Å². The largest absolute Gasteiger partial charge is 0.478 e. The van der Waals surface area contributed by atoms with Gasteiger partial charge in [-0.25, -0.2) is 14.8 Å². The zero-order valence-electron chi connectivity index (χ0n) is 9.98. The average molecular weight is 248 g/mol. The molecule has 0 radical (unpaired) electrons. The van der Waals surface area contributed by atoms with E-state index in [9.17, 15) is 4.79 Å². The molecule has 0 fully saturated rings. The van der Waals surface area contributed by atoms with Gasteiger partial charge in [0.25, 0.3) is 0 Å². The van der Waals surface area contributed by atoms with Crippen molar-refractivity contribution in [2.75, 3.05) is 11.9 Å². The molecule has 0 spiro atoms. The van der Waals surface area contributed by atoms with Crippen LogP contribution in [0.5, 0.6) is 0 Å². The molecule has 0 atom stereocenters. The van der Waals surface area contributed by atoms with Crippen LogP contribution in [-0.4, -0.2) is 42.9 Å². The monoisotopic (exact) mass is 248 g/mol. The van der Waals surface area contributed by atoms with Crippen LogP contribution in [0.3, 0.4) is 0 Å². The van der Waals surface area contributed by atoms with Crippen molar-refractivity contribution in [3.8, 4) is 0 Å². The second kappa shape index (κ2) is 4.78. The van der Waals surface area contributed by atoms with Gasteiger partial charge < -0.3 is 14.6 Å². The van der Waals surface area contributed by atoms with Gasteiger partial charge in [0.2, 0.25) is 5.95 Å². The van der Waals surface area contributed by atoms with Crippen LogP contribution in [-0.2, 0) is 13.6 Å². The highest BCUT2D eigenvalue weighted by molar-refractivity contribution is 5.86. The molecule has 0 saturated carbocycles. The Kier molecular flexibility index (Phi) is 3.18. The number of aromatic carboxylic acids is 1. The van der Waals surface area contributed by atoms with Gasteiger partial charge in [0.1, 0.15) is 6.33 Å². The summed E-state index contributed by atoms with van der Waals surface area (Å²) in [5.41, 5.74) is 0.0609. The molecule has 0 saturated heterocycles. The second-order valence-electron chi connectivity index (χ2n) is 3.79. The predicted molar refractivity (Wildman–Crippen MR) is 62.1 cm³/mol. The maximum absolute atomic E-state index is 10.7. The summed E-state index contributed by atoms with van der Waals surface area (Å²) in [6.45, 7) is 0.489. The number of nitrogens with zero attached hydrogens (tertiary/aromatic N) is 6. The molecule has 2 rings (SSSR count). The van der Waals surface area contributed by atoms with Gasteiger partial charge in [0, 0.05) is 26.5 Å². The van der Waals surface area contributed by atoms with Crippen LogP contribution in [0, 0.1) is 0 Å². The van der Waals surface area contributed by atoms with Crippen LogP contribution in [0.25, 0.3) is 0 Å². The molecule has 2 heterocycles. The molecule has 94 valence electrons. The molecule has 0 aliphatic carbocycles. The molecule has 1 N–H and O–H groups in total. The molecular formula is C10H12N6O2. The molecule has 0 aliphatic heterocycles. The number of carboxylic acid groups (broad SMARTS) is 1. The highest BCUT2D eigenvalue weighted by Crippen LogP contribution is 2.08. The molecule has 8 heteroatoms. The minimum atomic E-state index is -1.04. The van der Waals surface area contributed by atoms with E-state index in [4.69, 9.17) is 5.11 Å². The third kappa shape index (κ3) is 2.42. The minimum Gasteiger partial charge on any atom is -0.478 e. The fourth-order valence-electron chi connectivity index (χ4n) is 1.36. The molecule has 2 aromatic heterocycles. The van der Waals surface area contributed by atoms with Crippen LogP contribution in [0.2, 0.25) is 0 Å². The summed E-state index contributed by atoms with van der Waals surface area (Å²) < 4.78 is 1.79. The van der Waals surface area contributed by atoms with E-state index in [0.717, 1.165) is 5.82 Å². The first kappa shape index (κ1) is 12.0. The van der Waals surface area contributed by atoms with Crippen LogP contribution >= 0.6 is 0 Å². The van der Waals surface area contributed by atoms with E-state index in [-0.39, 0.29) is 5.56 Å². The first-order chi connectivity index (χ1) is 8.58. The fourth-order valence-corrected chi connectivity index (χ4v) is 1.36. The van der Waals surface area contributed by atoms with Crippen LogP contribution in [0.4, 0.5) is 5.95 Å². The van der Waals surface area contributed by atoms with Gasteiger partial charge in [0.05, 0.1) is 12.1 Å². The lowest BCUT2D eigenvalue weighted by molar-refractivity contribution is 0.0696. The van der Waals surface area contributed by atoms with Crippen molar-refractivity contribution in [3.63, 3.8) is 0 Å². The third-order valence-corrected chi connectivity index (χ3v) is 2.41. The molecule has 2 aromatic rings. The summed E-state index contributed by atoms with van der Waals surface area (Å²) in [5, 5.41) is 16.5. The fraction of sp³-hybridized carbons (Fsp3) is 0.300. The van der Waals surface area contributed by atoms with Crippen molar-refractivity contribution >= 4 is 11.9 Å². The van der Waals surface area contributed by atoms with Crippen LogP contribution in [0.1, 0.15) is 16.2 Å². The number of hydrogen-bond acceptors (Lipinski definition) is 6. The van der Waals surface area contributed by atoms with Crippen LogP contribution < -0.4 is 4.90 Å². The van der Waals surface area contributed by atoms with Crippen molar-refractivity contribution in [1.29, 1.82) is 0 Å². The van der Waals surface area contributed by atoms with Gasteiger partial charge in [-0.1, -0.05) is 0 Å². The van der Waals surface area contributed by atoms with Gasteiger partial charge in [-0.15, -0.1) is 10.2 Å². The van der Waals surface area contributed by atoms with Crippen molar-refractivity contribution in [2.45, 2.75) is 6.54 Å². The van der Waals surface area contributed by atoms with Gasteiger partial charge in [-0.2, -0.15) is 0 Å². The number of carboxylic acids is 1. The topological polar surface area (TPSA) is 97.0 Å². The van der Waals surface area contributed by atoms with Gasteiger partial charge >= 0.3 is 5.97 Å². The van der Waals surface area contributed by atoms with Crippen molar-refractivity contribution in [1.82, 2.24) is 24.7 Å². The van der Waals surface area contributed by atoms with E-state index in [1.165, 1.54) is 12.4 Å². The molecule has 18 heavy (non-hydrogen) atoms. The number of aryl methyl sites for hydroxylation is 1. The Morgan fingerprint density at radius 1 is 1.44 bits per heavy atom. The zero-order chi connectivity index (χ0) is 13.1. The van der Waals surface area contributed by atoms with E-state index in [1.807, 2.05) is 7.05 Å². The Morgan fingerprint density at radius 2 is 2.11 bits per heavy atom. The van der Waals surface area contributed by atoms with E-state index in [1.54, 1.807) is 22.8 Å². The predicted octanol–water partition coefficient (Wildman–Crippen LogP) is -0.0603. The molecule has 0 bridgehead atoms. The summed E-state index contributed by atoms with van der Waals surface area (Å²) in [6, 6.07) is 0. The van der Waals surface area contributed by atoms with Gasteiger partial charge in [-0.3, -0.25) is 0 Å². The van der Waals surface area contributed by atoms with Crippen molar-refractivity contribution in [2.24, 2.45) is 7.05 Å². The maximum Gasteiger partial charge on any atom is 0.338 e. The number of aromatic nitrogens is 5. The summed E-state index contributed by atoms with van der Waals surface area (Å²) >= 11 is 0. The maximum atomic E-state index is 10.7. The average Bonchev–Trinajstić information content (AvgIpc) is 2.75. The Hall–Kier alpha value is -2.51. The van der Waals surface area contributed by atoms with E-state index in [0.29, 0.717) is 12.5 Å². The summed E-state index contributed by atoms with van der Waals surface area (Å²) in [5.74, 6) is 0.156. The van der Waals surface area contributed by atoms with E-state index < -0.39 is 5.97 Å². The van der Waals surface area contributed by atoms with E-state index >= 15 is 0 Å². The van der Waals surface area contributed by atoms with Crippen molar-refractivity contribution < 1.29 is 9.90 Å². The lowest BCUT2D eigenvalue weighted by atomic mass is 10.3. The lowest BCUT2D eigenvalue weighted by Crippen LogP contribution is -2.21. The third-order valence-electron chi connectivity index (χ3n) is 2.41.